The molecular weight excluding hydrogens is 152 g/mol. The van der Waals surface area contributed by atoms with Crippen LogP contribution in [0.3, 0.4) is 0 Å². The molecule has 64 valence electrons. The molecule has 0 atom stereocenters. The summed E-state index contributed by atoms with van der Waals surface area (Å²) in [5.74, 6) is 0. The quantitative estimate of drug-likeness (QED) is 0.494. The largest absolute Gasteiger partial charge is 0.383 e. The van der Waals surface area contributed by atoms with Gasteiger partial charge in [-0.25, -0.2) is 0 Å². The fourth-order valence-corrected chi connectivity index (χ4v) is 0.754. The Balaban J connectivity index is 2.36. The molecule has 0 saturated carbocycles. The molecule has 0 aliphatic carbocycles. The lowest BCUT2D eigenvalue weighted by atomic mass is 10.4. The van der Waals surface area contributed by atoms with Gasteiger partial charge in [-0.1, -0.05) is 6.07 Å². The first-order chi connectivity index (χ1) is 5.93. The fourth-order valence-electron chi connectivity index (χ4n) is 0.754. The molecule has 0 saturated heterocycles. The molecule has 0 fully saturated rings. The summed E-state index contributed by atoms with van der Waals surface area (Å²) >= 11 is 0. The van der Waals surface area contributed by atoms with E-state index in [2.05, 4.69) is 9.98 Å². The maximum absolute atomic E-state index is 4.85. The summed E-state index contributed by atoms with van der Waals surface area (Å²) in [5, 5.41) is 0. The van der Waals surface area contributed by atoms with Crippen LogP contribution < -0.4 is 0 Å². The Bertz CT molecular complexity index is 234. The lowest BCUT2D eigenvalue weighted by Gasteiger charge is -1.91. The van der Waals surface area contributed by atoms with Crippen LogP contribution in [-0.4, -0.2) is 31.5 Å². The van der Waals surface area contributed by atoms with E-state index in [-0.39, 0.29) is 0 Å². The van der Waals surface area contributed by atoms with Gasteiger partial charge in [-0.05, 0) is 12.1 Å². The molecule has 0 unspecified atom stereocenters. The zero-order valence-electron chi connectivity index (χ0n) is 7.10. The van der Waals surface area contributed by atoms with Crippen molar-refractivity contribution in [2.75, 3.05) is 20.3 Å². The van der Waals surface area contributed by atoms with Crippen LogP contribution in [0.5, 0.6) is 0 Å². The summed E-state index contributed by atoms with van der Waals surface area (Å²) in [6.07, 6.45) is 3.50. The average Bonchev–Trinajstić information content (AvgIpc) is 2.14. The van der Waals surface area contributed by atoms with Gasteiger partial charge in [-0.15, -0.1) is 0 Å². The van der Waals surface area contributed by atoms with Crippen molar-refractivity contribution in [2.45, 2.75) is 0 Å². The van der Waals surface area contributed by atoms with Crippen molar-refractivity contribution in [1.29, 1.82) is 0 Å². The maximum Gasteiger partial charge on any atom is 0.0807 e. The maximum atomic E-state index is 4.85. The van der Waals surface area contributed by atoms with Crippen molar-refractivity contribution in [3.05, 3.63) is 30.1 Å². The molecular formula is C9H12N2O. The summed E-state index contributed by atoms with van der Waals surface area (Å²) in [7, 11) is 1.66. The molecule has 3 heteroatoms. The second-order valence-electron chi connectivity index (χ2n) is 2.28. The van der Waals surface area contributed by atoms with Crippen LogP contribution in [0.2, 0.25) is 0 Å². The minimum absolute atomic E-state index is 0.656. The minimum atomic E-state index is 0.656. The molecule has 0 aliphatic heterocycles. The second-order valence-corrected chi connectivity index (χ2v) is 2.28. The fraction of sp³-hybridized carbons (Fsp3) is 0.333. The number of ether oxygens (including phenoxy) is 1. The molecule has 12 heavy (non-hydrogen) atoms. The summed E-state index contributed by atoms with van der Waals surface area (Å²) < 4.78 is 4.85. The predicted octanol–water partition coefficient (Wildman–Crippen LogP) is 1.15. The van der Waals surface area contributed by atoms with Crippen LogP contribution in [-0.2, 0) is 4.74 Å². The van der Waals surface area contributed by atoms with Gasteiger partial charge >= 0.3 is 0 Å². The van der Waals surface area contributed by atoms with Crippen molar-refractivity contribution < 1.29 is 4.74 Å². The third kappa shape index (κ3) is 3.25. The Labute approximate surface area is 72.1 Å². The number of aliphatic imine (C=N–C) groups is 1. The van der Waals surface area contributed by atoms with Gasteiger partial charge in [0.2, 0.25) is 0 Å². The monoisotopic (exact) mass is 164 g/mol. The first-order valence-electron chi connectivity index (χ1n) is 3.83. The molecule has 0 spiro atoms. The van der Waals surface area contributed by atoms with E-state index < -0.39 is 0 Å². The van der Waals surface area contributed by atoms with Gasteiger partial charge in [0, 0.05) is 19.5 Å². The molecule has 1 heterocycles. The predicted molar refractivity (Wildman–Crippen MR) is 48.6 cm³/mol. The van der Waals surface area contributed by atoms with Crippen molar-refractivity contribution in [3.8, 4) is 0 Å². The van der Waals surface area contributed by atoms with Crippen LogP contribution in [0.1, 0.15) is 5.69 Å². The molecule has 3 nitrogen and oxygen atoms in total. The average molecular weight is 164 g/mol. The Morgan fingerprint density at radius 3 is 3.17 bits per heavy atom. The topological polar surface area (TPSA) is 34.5 Å². The SMILES string of the molecule is COCCN=Cc1ccccn1. The standard InChI is InChI=1S/C9H12N2O/c1-12-7-6-10-8-9-4-2-3-5-11-9/h2-5,8H,6-7H2,1H3. The van der Waals surface area contributed by atoms with E-state index in [9.17, 15) is 0 Å². The summed E-state index contributed by atoms with van der Waals surface area (Å²) in [5.41, 5.74) is 0.883. The van der Waals surface area contributed by atoms with Crippen molar-refractivity contribution in [3.63, 3.8) is 0 Å². The number of methoxy groups -OCH3 is 1. The highest BCUT2D eigenvalue weighted by molar-refractivity contribution is 5.76. The third-order valence-corrected chi connectivity index (χ3v) is 1.34. The molecule has 0 N–H and O–H groups in total. The van der Waals surface area contributed by atoms with Gasteiger partial charge in [0.25, 0.3) is 0 Å². The summed E-state index contributed by atoms with van der Waals surface area (Å²) in [6, 6.07) is 5.73. The lowest BCUT2D eigenvalue weighted by Crippen LogP contribution is -1.94. The Morgan fingerprint density at radius 1 is 1.58 bits per heavy atom. The summed E-state index contributed by atoms with van der Waals surface area (Å²) in [4.78, 5) is 8.21. The van der Waals surface area contributed by atoms with E-state index in [1.54, 1.807) is 19.5 Å². The van der Waals surface area contributed by atoms with Gasteiger partial charge in [0.05, 0.1) is 18.8 Å². The van der Waals surface area contributed by atoms with Gasteiger partial charge in [-0.3, -0.25) is 9.98 Å². The summed E-state index contributed by atoms with van der Waals surface area (Å²) in [6.45, 7) is 1.34. The number of rotatable bonds is 4. The van der Waals surface area contributed by atoms with E-state index >= 15 is 0 Å². The zero-order valence-corrected chi connectivity index (χ0v) is 7.10. The molecule has 0 amide bonds. The Morgan fingerprint density at radius 2 is 2.50 bits per heavy atom. The van der Waals surface area contributed by atoms with Crippen LogP contribution >= 0.6 is 0 Å². The Hall–Kier alpha value is -1.22. The number of pyridine rings is 1. The van der Waals surface area contributed by atoms with Gasteiger partial charge in [-0.2, -0.15) is 0 Å². The van der Waals surface area contributed by atoms with Crippen LogP contribution in [0.15, 0.2) is 29.4 Å². The van der Waals surface area contributed by atoms with Crippen LogP contribution in [0, 0.1) is 0 Å². The van der Waals surface area contributed by atoms with E-state index in [4.69, 9.17) is 4.74 Å². The lowest BCUT2D eigenvalue weighted by molar-refractivity contribution is 0.208. The molecule has 1 rings (SSSR count). The van der Waals surface area contributed by atoms with Crippen molar-refractivity contribution in [1.82, 2.24) is 4.98 Å². The highest BCUT2D eigenvalue weighted by Crippen LogP contribution is 1.87. The highest BCUT2D eigenvalue weighted by Gasteiger charge is 1.84. The van der Waals surface area contributed by atoms with Gasteiger partial charge in [0.15, 0.2) is 0 Å². The van der Waals surface area contributed by atoms with Crippen LogP contribution in [0.4, 0.5) is 0 Å². The molecule has 1 aromatic rings. The Kier molecular flexibility index (Phi) is 4.02. The first-order valence-corrected chi connectivity index (χ1v) is 3.83. The molecule has 1 aromatic heterocycles. The van der Waals surface area contributed by atoms with E-state index in [0.29, 0.717) is 13.2 Å². The normalized spacial score (nSPS) is 10.8. The number of hydrogen-bond donors (Lipinski definition) is 0. The first kappa shape index (κ1) is 8.87. The van der Waals surface area contributed by atoms with Crippen LogP contribution in [0.25, 0.3) is 0 Å². The molecule has 0 radical (unpaired) electrons. The van der Waals surface area contributed by atoms with E-state index in [1.807, 2.05) is 18.2 Å². The number of nitrogens with zero attached hydrogens (tertiary/aromatic N) is 2. The molecule has 0 aliphatic rings. The molecule has 0 aromatic carbocycles. The van der Waals surface area contributed by atoms with Crippen molar-refractivity contribution in [2.24, 2.45) is 4.99 Å². The second kappa shape index (κ2) is 5.43. The van der Waals surface area contributed by atoms with Gasteiger partial charge in [0.1, 0.15) is 0 Å². The van der Waals surface area contributed by atoms with Crippen molar-refractivity contribution >= 4 is 6.21 Å². The number of hydrogen-bond acceptors (Lipinski definition) is 3. The number of aromatic nitrogens is 1. The van der Waals surface area contributed by atoms with Gasteiger partial charge < -0.3 is 4.74 Å². The minimum Gasteiger partial charge on any atom is -0.383 e. The van der Waals surface area contributed by atoms with E-state index in [1.165, 1.54) is 0 Å². The molecule has 0 bridgehead atoms. The zero-order chi connectivity index (χ0) is 8.65. The smallest absolute Gasteiger partial charge is 0.0807 e. The van der Waals surface area contributed by atoms with E-state index in [0.717, 1.165) is 5.69 Å². The highest BCUT2D eigenvalue weighted by atomic mass is 16.5. The third-order valence-electron chi connectivity index (χ3n) is 1.34.